The van der Waals surface area contributed by atoms with Gasteiger partial charge in [0.1, 0.15) is 5.69 Å². The Morgan fingerprint density at radius 2 is 1.39 bits per heavy atom. The fourth-order valence-corrected chi connectivity index (χ4v) is 2.28. The smallest absolute Gasteiger partial charge is 0.109 e. The number of benzene rings is 3. The number of hydrogen-bond acceptors (Lipinski definition) is 4. The van der Waals surface area contributed by atoms with E-state index in [9.17, 15) is 0 Å². The predicted octanol–water partition coefficient (Wildman–Crippen LogP) is 4.86. The molecule has 0 heterocycles. The summed E-state index contributed by atoms with van der Waals surface area (Å²) >= 11 is 0. The van der Waals surface area contributed by atoms with Crippen molar-refractivity contribution in [1.29, 1.82) is 0 Å². The van der Waals surface area contributed by atoms with Gasteiger partial charge in [0.25, 0.3) is 0 Å². The Hall–Kier alpha value is -3.14. The van der Waals surface area contributed by atoms with Gasteiger partial charge in [0.05, 0.1) is 11.4 Å². The monoisotopic (exact) mass is 302 g/mol. The lowest BCUT2D eigenvalue weighted by molar-refractivity contribution is 1.18. The number of anilines is 2. The Balaban J connectivity index is 1.75. The van der Waals surface area contributed by atoms with E-state index in [1.807, 2.05) is 72.8 Å². The molecule has 114 valence electrons. The van der Waals surface area contributed by atoms with Crippen LogP contribution in [0.2, 0.25) is 0 Å². The fraction of sp³-hybridized carbons (Fsp3) is 0.0526. The van der Waals surface area contributed by atoms with Crippen LogP contribution >= 0.6 is 0 Å². The molecule has 0 radical (unpaired) electrons. The van der Waals surface area contributed by atoms with Gasteiger partial charge in [0.2, 0.25) is 0 Å². The van der Waals surface area contributed by atoms with Crippen molar-refractivity contribution in [3.8, 4) is 0 Å². The predicted molar refractivity (Wildman–Crippen MR) is 95.1 cm³/mol. The number of nitrogens with two attached hydrogens (primary N) is 2. The van der Waals surface area contributed by atoms with Crippen molar-refractivity contribution in [1.82, 2.24) is 0 Å². The van der Waals surface area contributed by atoms with Crippen LogP contribution in [0, 0.1) is 0 Å². The summed E-state index contributed by atoms with van der Waals surface area (Å²) in [7, 11) is 0. The van der Waals surface area contributed by atoms with E-state index >= 15 is 0 Å². The summed E-state index contributed by atoms with van der Waals surface area (Å²) in [5.74, 6) is 0. The SMILES string of the molecule is Nc1ccc(Cc2ccc(N=Nc3ccccc3)c(N)c2)cc1. The summed E-state index contributed by atoms with van der Waals surface area (Å²) < 4.78 is 0. The highest BCUT2D eigenvalue weighted by atomic mass is 15.1. The van der Waals surface area contributed by atoms with Gasteiger partial charge in [-0.3, -0.25) is 0 Å². The van der Waals surface area contributed by atoms with E-state index in [1.165, 1.54) is 5.56 Å². The Kier molecular flexibility index (Phi) is 4.34. The van der Waals surface area contributed by atoms with E-state index in [2.05, 4.69) is 10.2 Å². The highest BCUT2D eigenvalue weighted by Gasteiger charge is 2.02. The molecule has 3 rings (SSSR count). The third kappa shape index (κ3) is 3.95. The maximum atomic E-state index is 6.09. The quantitative estimate of drug-likeness (QED) is 0.533. The van der Waals surface area contributed by atoms with Gasteiger partial charge in [-0.15, -0.1) is 5.11 Å². The first-order chi connectivity index (χ1) is 11.2. The number of nitrogen functional groups attached to an aromatic ring is 2. The molecule has 0 aromatic heterocycles. The van der Waals surface area contributed by atoms with Crippen molar-refractivity contribution in [2.24, 2.45) is 10.2 Å². The average Bonchev–Trinajstić information content (AvgIpc) is 2.57. The van der Waals surface area contributed by atoms with Gasteiger partial charge in [0, 0.05) is 5.69 Å². The van der Waals surface area contributed by atoms with Crippen molar-refractivity contribution in [3.05, 3.63) is 83.9 Å². The van der Waals surface area contributed by atoms with Crippen LogP contribution in [0.5, 0.6) is 0 Å². The van der Waals surface area contributed by atoms with E-state index in [1.54, 1.807) is 0 Å². The lowest BCUT2D eigenvalue weighted by Gasteiger charge is -2.05. The summed E-state index contributed by atoms with van der Waals surface area (Å²) in [6.45, 7) is 0. The van der Waals surface area contributed by atoms with Crippen molar-refractivity contribution >= 4 is 22.7 Å². The normalized spacial score (nSPS) is 11.0. The number of nitrogens with zero attached hydrogens (tertiary/aromatic N) is 2. The fourth-order valence-electron chi connectivity index (χ4n) is 2.28. The van der Waals surface area contributed by atoms with Crippen LogP contribution in [0.3, 0.4) is 0 Å². The molecule has 0 saturated carbocycles. The van der Waals surface area contributed by atoms with Gasteiger partial charge in [-0.2, -0.15) is 5.11 Å². The molecule has 0 saturated heterocycles. The van der Waals surface area contributed by atoms with Crippen LogP contribution in [0.4, 0.5) is 22.7 Å². The van der Waals surface area contributed by atoms with E-state index in [0.29, 0.717) is 11.4 Å². The van der Waals surface area contributed by atoms with Crippen molar-refractivity contribution in [2.75, 3.05) is 11.5 Å². The highest BCUT2D eigenvalue weighted by molar-refractivity contribution is 5.63. The van der Waals surface area contributed by atoms with Crippen molar-refractivity contribution < 1.29 is 0 Å². The van der Waals surface area contributed by atoms with E-state index in [0.717, 1.165) is 23.4 Å². The Morgan fingerprint density at radius 1 is 0.696 bits per heavy atom. The summed E-state index contributed by atoms with van der Waals surface area (Å²) in [5.41, 5.74) is 17.0. The molecule has 0 spiro atoms. The van der Waals surface area contributed by atoms with Gasteiger partial charge in [-0.1, -0.05) is 36.4 Å². The molecule has 0 atom stereocenters. The van der Waals surface area contributed by atoms with Crippen molar-refractivity contribution in [2.45, 2.75) is 6.42 Å². The topological polar surface area (TPSA) is 76.8 Å². The van der Waals surface area contributed by atoms with Gasteiger partial charge in [0.15, 0.2) is 0 Å². The number of azo groups is 1. The Labute approximate surface area is 135 Å². The molecule has 0 fully saturated rings. The molecule has 4 heteroatoms. The molecule has 0 aliphatic carbocycles. The van der Waals surface area contributed by atoms with Crippen LogP contribution in [0.1, 0.15) is 11.1 Å². The summed E-state index contributed by atoms with van der Waals surface area (Å²) in [4.78, 5) is 0. The van der Waals surface area contributed by atoms with E-state index < -0.39 is 0 Å². The molecule has 3 aromatic carbocycles. The summed E-state index contributed by atoms with van der Waals surface area (Å²) in [6, 6.07) is 23.3. The molecule has 4 nitrogen and oxygen atoms in total. The Morgan fingerprint density at radius 3 is 2.09 bits per heavy atom. The molecule has 0 bridgehead atoms. The first-order valence-electron chi connectivity index (χ1n) is 7.40. The highest BCUT2D eigenvalue weighted by Crippen LogP contribution is 2.26. The third-order valence-electron chi connectivity index (χ3n) is 3.51. The standard InChI is InChI=1S/C19H18N4/c20-16-9-6-14(7-10-16)12-15-8-11-19(18(21)13-15)23-22-17-4-2-1-3-5-17/h1-11,13H,12,20-21H2. The summed E-state index contributed by atoms with van der Waals surface area (Å²) in [6.07, 6.45) is 0.806. The second kappa shape index (κ2) is 6.75. The zero-order valence-corrected chi connectivity index (χ0v) is 12.7. The lowest BCUT2D eigenvalue weighted by atomic mass is 10.0. The first kappa shape index (κ1) is 14.8. The van der Waals surface area contributed by atoms with Crippen LogP contribution in [0.15, 0.2) is 83.0 Å². The average molecular weight is 302 g/mol. The zero-order valence-electron chi connectivity index (χ0n) is 12.7. The molecule has 0 amide bonds. The van der Waals surface area contributed by atoms with Gasteiger partial charge < -0.3 is 11.5 Å². The molecule has 0 unspecified atom stereocenters. The largest absolute Gasteiger partial charge is 0.399 e. The van der Waals surface area contributed by atoms with Crippen molar-refractivity contribution in [3.63, 3.8) is 0 Å². The minimum absolute atomic E-state index is 0.623. The second-order valence-corrected chi connectivity index (χ2v) is 5.35. The maximum absolute atomic E-state index is 6.09. The van der Waals surface area contributed by atoms with Gasteiger partial charge in [-0.25, -0.2) is 0 Å². The van der Waals surface area contributed by atoms with Crippen LogP contribution in [0.25, 0.3) is 0 Å². The molecule has 4 N–H and O–H groups in total. The van der Waals surface area contributed by atoms with Crippen LogP contribution < -0.4 is 11.5 Å². The van der Waals surface area contributed by atoms with E-state index in [-0.39, 0.29) is 0 Å². The minimum atomic E-state index is 0.623. The molecule has 0 aliphatic heterocycles. The molecular weight excluding hydrogens is 284 g/mol. The van der Waals surface area contributed by atoms with E-state index in [4.69, 9.17) is 11.5 Å². The van der Waals surface area contributed by atoms with Crippen LogP contribution in [-0.2, 0) is 6.42 Å². The Bertz CT molecular complexity index is 809. The zero-order chi connectivity index (χ0) is 16.1. The minimum Gasteiger partial charge on any atom is -0.399 e. The maximum Gasteiger partial charge on any atom is 0.109 e. The summed E-state index contributed by atoms with van der Waals surface area (Å²) in [5, 5.41) is 8.41. The number of rotatable bonds is 4. The molecule has 0 aliphatic rings. The number of hydrogen-bond donors (Lipinski definition) is 2. The van der Waals surface area contributed by atoms with Crippen LogP contribution in [-0.4, -0.2) is 0 Å². The lowest BCUT2D eigenvalue weighted by Crippen LogP contribution is -1.92. The van der Waals surface area contributed by atoms with Gasteiger partial charge in [-0.05, 0) is 53.9 Å². The van der Waals surface area contributed by atoms with Gasteiger partial charge >= 0.3 is 0 Å². The first-order valence-corrected chi connectivity index (χ1v) is 7.40. The second-order valence-electron chi connectivity index (χ2n) is 5.35. The molecule has 23 heavy (non-hydrogen) atoms. The molecular formula is C19H18N4. The molecule has 3 aromatic rings. The third-order valence-corrected chi connectivity index (χ3v) is 3.51.